The topological polar surface area (TPSA) is 71.0 Å². The maximum absolute atomic E-state index is 9.69. The van der Waals surface area contributed by atoms with E-state index in [-0.39, 0.29) is 0 Å². The molecule has 1 fully saturated rings. The van der Waals surface area contributed by atoms with Gasteiger partial charge in [-0.1, -0.05) is 0 Å². The molecule has 2 rings (SSSR count). The molecule has 14 heavy (non-hydrogen) atoms. The van der Waals surface area contributed by atoms with Gasteiger partial charge in [0.1, 0.15) is 5.69 Å². The van der Waals surface area contributed by atoms with E-state index < -0.39 is 6.10 Å². The number of aromatic nitrogens is 3. The first-order valence-electron chi connectivity index (χ1n) is 5.01. The van der Waals surface area contributed by atoms with Crippen LogP contribution in [0.3, 0.4) is 0 Å². The third kappa shape index (κ3) is 2.30. The van der Waals surface area contributed by atoms with Crippen LogP contribution in [0.1, 0.15) is 37.5 Å². The Hall–Kier alpha value is -0.940. The average molecular weight is 197 g/mol. The van der Waals surface area contributed by atoms with Crippen molar-refractivity contribution in [2.75, 3.05) is 6.61 Å². The van der Waals surface area contributed by atoms with Gasteiger partial charge in [-0.25, -0.2) is 0 Å². The number of aliphatic hydroxyl groups excluding tert-OH is 1. The van der Waals surface area contributed by atoms with Crippen molar-refractivity contribution in [3.05, 3.63) is 11.9 Å². The second-order valence-electron chi connectivity index (χ2n) is 3.62. The maximum Gasteiger partial charge on any atom is 0.111 e. The Balaban J connectivity index is 1.74. The van der Waals surface area contributed by atoms with Crippen molar-refractivity contribution < 1.29 is 9.84 Å². The second-order valence-corrected chi connectivity index (χ2v) is 3.62. The molecule has 0 aromatic carbocycles. The molecule has 0 amide bonds. The van der Waals surface area contributed by atoms with Crippen LogP contribution in [0.5, 0.6) is 0 Å². The Bertz CT molecular complexity index is 257. The van der Waals surface area contributed by atoms with E-state index in [9.17, 15) is 5.11 Å². The Morgan fingerprint density at radius 3 is 3.29 bits per heavy atom. The average Bonchev–Trinajstić information content (AvgIpc) is 2.87. The quantitative estimate of drug-likeness (QED) is 0.748. The predicted molar refractivity (Wildman–Crippen MR) is 49.6 cm³/mol. The van der Waals surface area contributed by atoms with E-state index in [0.29, 0.717) is 18.2 Å². The highest BCUT2D eigenvalue weighted by Gasteiger charge is 2.18. The highest BCUT2D eigenvalue weighted by molar-refractivity contribution is 4.95. The van der Waals surface area contributed by atoms with Crippen LogP contribution in [0.15, 0.2) is 6.20 Å². The van der Waals surface area contributed by atoms with E-state index in [1.807, 2.05) is 0 Å². The van der Waals surface area contributed by atoms with Gasteiger partial charge in [0.2, 0.25) is 0 Å². The second kappa shape index (κ2) is 4.52. The molecule has 0 aliphatic carbocycles. The molecule has 2 unspecified atom stereocenters. The number of nitrogens with zero attached hydrogens (tertiary/aromatic N) is 2. The molecule has 1 aromatic heterocycles. The molecule has 0 radical (unpaired) electrons. The summed E-state index contributed by atoms with van der Waals surface area (Å²) in [5.41, 5.74) is 0.614. The molecule has 1 aliphatic rings. The number of rotatable bonds is 4. The molecule has 0 spiro atoms. The Kier molecular flexibility index (Phi) is 3.10. The summed E-state index contributed by atoms with van der Waals surface area (Å²) < 4.78 is 5.47. The maximum atomic E-state index is 9.69. The van der Waals surface area contributed by atoms with E-state index in [4.69, 9.17) is 4.74 Å². The van der Waals surface area contributed by atoms with Crippen LogP contribution in [-0.4, -0.2) is 33.2 Å². The van der Waals surface area contributed by atoms with Crippen molar-refractivity contribution in [3.8, 4) is 0 Å². The molecule has 2 heterocycles. The summed E-state index contributed by atoms with van der Waals surface area (Å²) in [5, 5.41) is 19.7. The number of aliphatic hydroxyl groups is 1. The van der Waals surface area contributed by atoms with Crippen molar-refractivity contribution in [2.24, 2.45) is 0 Å². The highest BCUT2D eigenvalue weighted by atomic mass is 16.5. The smallest absolute Gasteiger partial charge is 0.111 e. The van der Waals surface area contributed by atoms with Crippen molar-refractivity contribution >= 4 is 0 Å². The fourth-order valence-corrected chi connectivity index (χ4v) is 1.73. The van der Waals surface area contributed by atoms with E-state index in [2.05, 4.69) is 15.4 Å². The van der Waals surface area contributed by atoms with Crippen molar-refractivity contribution in [1.82, 2.24) is 15.4 Å². The van der Waals surface area contributed by atoms with Crippen LogP contribution in [0.25, 0.3) is 0 Å². The summed E-state index contributed by atoms with van der Waals surface area (Å²) in [6.07, 6.45) is 5.22. The molecular weight excluding hydrogens is 182 g/mol. The summed E-state index contributed by atoms with van der Waals surface area (Å²) in [6, 6.07) is 0. The van der Waals surface area contributed by atoms with Gasteiger partial charge in [0.15, 0.2) is 0 Å². The van der Waals surface area contributed by atoms with E-state index >= 15 is 0 Å². The lowest BCUT2D eigenvalue weighted by molar-refractivity contribution is 0.0802. The number of ether oxygens (including phenoxy) is 1. The normalized spacial score (nSPS) is 23.9. The largest absolute Gasteiger partial charge is 0.387 e. The summed E-state index contributed by atoms with van der Waals surface area (Å²) in [4.78, 5) is 0. The van der Waals surface area contributed by atoms with Gasteiger partial charge in [0.25, 0.3) is 0 Å². The summed E-state index contributed by atoms with van der Waals surface area (Å²) in [7, 11) is 0. The standard InChI is InChI=1S/C9H15N3O2/c13-9(8-6-10-12-11-8)4-3-7-2-1-5-14-7/h6-7,9,13H,1-5H2,(H,10,11,12). The number of hydrogen-bond acceptors (Lipinski definition) is 4. The molecule has 1 aromatic rings. The molecule has 2 N–H and O–H groups in total. The molecule has 5 heteroatoms. The van der Waals surface area contributed by atoms with Gasteiger partial charge in [-0.05, 0) is 25.7 Å². The number of aromatic amines is 1. The van der Waals surface area contributed by atoms with Gasteiger partial charge in [-0.2, -0.15) is 15.4 Å². The van der Waals surface area contributed by atoms with Crippen LogP contribution in [0.4, 0.5) is 0 Å². The third-order valence-corrected chi connectivity index (χ3v) is 2.56. The van der Waals surface area contributed by atoms with Crippen molar-refractivity contribution in [3.63, 3.8) is 0 Å². The minimum atomic E-state index is -0.516. The summed E-state index contributed by atoms with van der Waals surface area (Å²) in [5.74, 6) is 0. The zero-order valence-corrected chi connectivity index (χ0v) is 8.02. The van der Waals surface area contributed by atoms with Crippen LogP contribution >= 0.6 is 0 Å². The van der Waals surface area contributed by atoms with Crippen LogP contribution < -0.4 is 0 Å². The minimum Gasteiger partial charge on any atom is -0.387 e. The number of hydrogen-bond donors (Lipinski definition) is 2. The summed E-state index contributed by atoms with van der Waals surface area (Å²) >= 11 is 0. The van der Waals surface area contributed by atoms with Gasteiger partial charge < -0.3 is 9.84 Å². The first-order valence-corrected chi connectivity index (χ1v) is 5.01. The van der Waals surface area contributed by atoms with E-state index in [1.165, 1.54) is 0 Å². The van der Waals surface area contributed by atoms with E-state index in [1.54, 1.807) is 6.20 Å². The van der Waals surface area contributed by atoms with Gasteiger partial charge in [0, 0.05) is 6.61 Å². The first kappa shape index (κ1) is 9.61. The first-order chi connectivity index (χ1) is 6.86. The third-order valence-electron chi connectivity index (χ3n) is 2.56. The van der Waals surface area contributed by atoms with Crippen LogP contribution in [0.2, 0.25) is 0 Å². The number of H-pyrrole nitrogens is 1. The SMILES string of the molecule is OC(CCC1CCCO1)c1cn[nH]n1. The molecular formula is C9H15N3O2. The highest BCUT2D eigenvalue weighted by Crippen LogP contribution is 2.22. The molecule has 2 atom stereocenters. The predicted octanol–water partition coefficient (Wildman–Crippen LogP) is 0.797. The lowest BCUT2D eigenvalue weighted by atomic mass is 10.1. The van der Waals surface area contributed by atoms with Crippen LogP contribution in [0, 0.1) is 0 Å². The summed E-state index contributed by atoms with van der Waals surface area (Å²) in [6.45, 7) is 0.866. The lowest BCUT2D eigenvalue weighted by Gasteiger charge is -2.11. The Morgan fingerprint density at radius 2 is 2.64 bits per heavy atom. The van der Waals surface area contributed by atoms with Gasteiger partial charge >= 0.3 is 0 Å². The molecule has 5 nitrogen and oxygen atoms in total. The fraction of sp³-hybridized carbons (Fsp3) is 0.778. The zero-order chi connectivity index (χ0) is 9.80. The fourth-order valence-electron chi connectivity index (χ4n) is 1.73. The molecule has 0 bridgehead atoms. The molecule has 78 valence electrons. The van der Waals surface area contributed by atoms with Crippen molar-refractivity contribution in [2.45, 2.75) is 37.9 Å². The minimum absolute atomic E-state index is 0.330. The van der Waals surface area contributed by atoms with Gasteiger partial charge in [-0.3, -0.25) is 0 Å². The Labute approximate surface area is 82.5 Å². The van der Waals surface area contributed by atoms with Crippen LogP contribution in [-0.2, 0) is 4.74 Å². The molecule has 1 aliphatic heterocycles. The monoisotopic (exact) mass is 197 g/mol. The van der Waals surface area contributed by atoms with Crippen molar-refractivity contribution in [1.29, 1.82) is 0 Å². The van der Waals surface area contributed by atoms with E-state index in [0.717, 1.165) is 25.9 Å². The molecule has 0 saturated carbocycles. The zero-order valence-electron chi connectivity index (χ0n) is 8.02. The van der Waals surface area contributed by atoms with Gasteiger partial charge in [0.05, 0.1) is 18.4 Å². The van der Waals surface area contributed by atoms with Gasteiger partial charge in [-0.15, -0.1) is 0 Å². The number of nitrogens with one attached hydrogen (secondary N) is 1. The lowest BCUT2D eigenvalue weighted by Crippen LogP contribution is -2.08. The Morgan fingerprint density at radius 1 is 1.71 bits per heavy atom. The molecule has 1 saturated heterocycles.